The van der Waals surface area contributed by atoms with Crippen LogP contribution in [0.1, 0.15) is 5.69 Å². The molecule has 0 aliphatic carbocycles. The lowest BCUT2D eigenvalue weighted by molar-refractivity contribution is 0.586. The minimum atomic E-state index is -0.762. The van der Waals surface area contributed by atoms with E-state index in [2.05, 4.69) is 0 Å². The maximum atomic E-state index is 13.7. The van der Waals surface area contributed by atoms with E-state index in [0.29, 0.717) is 9.26 Å². The Morgan fingerprint density at radius 3 is 2.65 bits per heavy atom. The number of rotatable bonds is 1. The molecule has 0 aliphatic rings. The van der Waals surface area contributed by atoms with Gasteiger partial charge in [0.25, 0.3) is 0 Å². The smallest absolute Gasteiger partial charge is 0.203 e. The van der Waals surface area contributed by atoms with Crippen LogP contribution >= 0.6 is 34.2 Å². The predicted molar refractivity (Wildman–Crippen MR) is 71.4 cm³/mol. The van der Waals surface area contributed by atoms with Crippen LogP contribution in [0.15, 0.2) is 16.9 Å². The van der Waals surface area contributed by atoms with E-state index < -0.39 is 17.1 Å². The van der Waals surface area contributed by atoms with Crippen LogP contribution in [-0.4, -0.2) is 4.57 Å². The SMILES string of the molecule is Cn1c(CCl)c(I)c(=O)c2cc(F)cc(F)c21. The number of halogens is 4. The molecule has 0 unspecified atom stereocenters. The van der Waals surface area contributed by atoms with Crippen molar-refractivity contribution in [3.05, 3.63) is 43.3 Å². The first-order valence-electron chi connectivity index (χ1n) is 4.69. The Morgan fingerprint density at radius 1 is 1.41 bits per heavy atom. The molecule has 1 aromatic heterocycles. The number of fused-ring (bicyclic) bond motifs is 1. The van der Waals surface area contributed by atoms with Crippen LogP contribution in [0.5, 0.6) is 0 Å². The number of hydrogen-bond donors (Lipinski definition) is 0. The number of alkyl halides is 1. The summed E-state index contributed by atoms with van der Waals surface area (Å²) in [6, 6.07) is 1.80. The van der Waals surface area contributed by atoms with Gasteiger partial charge in [0.05, 0.1) is 26.0 Å². The van der Waals surface area contributed by atoms with Crippen molar-refractivity contribution < 1.29 is 8.78 Å². The Balaban J connectivity index is 3.09. The zero-order chi connectivity index (χ0) is 12.7. The summed E-state index contributed by atoms with van der Waals surface area (Å²) in [6.45, 7) is 0. The van der Waals surface area contributed by atoms with Crippen molar-refractivity contribution in [3.8, 4) is 0 Å². The molecule has 0 spiro atoms. The van der Waals surface area contributed by atoms with E-state index in [1.807, 2.05) is 22.6 Å². The Morgan fingerprint density at radius 2 is 2.06 bits per heavy atom. The highest BCUT2D eigenvalue weighted by Gasteiger charge is 2.16. The van der Waals surface area contributed by atoms with Crippen molar-refractivity contribution in [3.63, 3.8) is 0 Å². The average Bonchev–Trinajstić information content (AvgIpc) is 2.25. The minimum absolute atomic E-state index is 0.0308. The Hall–Kier alpha value is -0.690. The third-order valence-electron chi connectivity index (χ3n) is 2.59. The molecule has 90 valence electrons. The summed E-state index contributed by atoms with van der Waals surface area (Å²) in [5.74, 6) is -1.43. The summed E-state index contributed by atoms with van der Waals surface area (Å²) in [5.41, 5.74) is 0.204. The van der Waals surface area contributed by atoms with Crippen LogP contribution in [-0.2, 0) is 12.9 Å². The summed E-state index contributed by atoms with van der Waals surface area (Å²) in [6.07, 6.45) is 0. The van der Waals surface area contributed by atoms with E-state index in [4.69, 9.17) is 11.6 Å². The molecule has 1 aromatic carbocycles. The maximum Gasteiger partial charge on any atom is 0.203 e. The fourth-order valence-electron chi connectivity index (χ4n) is 1.76. The van der Waals surface area contributed by atoms with Gasteiger partial charge in [-0.05, 0) is 28.7 Å². The number of aryl methyl sites for hydroxylation is 1. The van der Waals surface area contributed by atoms with E-state index in [1.54, 1.807) is 7.05 Å². The minimum Gasteiger partial charge on any atom is -0.343 e. The maximum absolute atomic E-state index is 13.7. The molecule has 2 rings (SSSR count). The predicted octanol–water partition coefficient (Wildman–Crippen LogP) is 3.16. The van der Waals surface area contributed by atoms with Crippen molar-refractivity contribution in [2.24, 2.45) is 7.05 Å². The third-order valence-corrected chi connectivity index (χ3v) is 3.96. The van der Waals surface area contributed by atoms with Crippen LogP contribution < -0.4 is 5.43 Å². The molecular formula is C11H7ClF2INO. The fraction of sp³-hybridized carbons (Fsp3) is 0.182. The lowest BCUT2D eigenvalue weighted by atomic mass is 10.1. The number of aromatic nitrogens is 1. The van der Waals surface area contributed by atoms with Crippen LogP contribution in [0.2, 0.25) is 0 Å². The van der Waals surface area contributed by atoms with Gasteiger partial charge in [0.1, 0.15) is 5.82 Å². The molecule has 0 radical (unpaired) electrons. The van der Waals surface area contributed by atoms with E-state index in [0.717, 1.165) is 12.1 Å². The van der Waals surface area contributed by atoms with Gasteiger partial charge >= 0.3 is 0 Å². The van der Waals surface area contributed by atoms with Crippen LogP contribution in [0, 0.1) is 15.2 Å². The van der Waals surface area contributed by atoms with E-state index >= 15 is 0 Å². The van der Waals surface area contributed by atoms with Gasteiger partial charge in [-0.2, -0.15) is 0 Å². The summed E-state index contributed by atoms with van der Waals surface area (Å²) >= 11 is 7.57. The third kappa shape index (κ3) is 1.95. The Bertz CT molecular complexity index is 669. The second-order valence-electron chi connectivity index (χ2n) is 3.57. The first kappa shape index (κ1) is 12.8. The highest BCUT2D eigenvalue weighted by Crippen LogP contribution is 2.21. The zero-order valence-electron chi connectivity index (χ0n) is 8.73. The molecule has 0 saturated heterocycles. The van der Waals surface area contributed by atoms with Gasteiger partial charge in [-0.25, -0.2) is 8.78 Å². The molecule has 0 saturated carbocycles. The molecular weight excluding hydrogens is 362 g/mol. The number of benzene rings is 1. The van der Waals surface area contributed by atoms with Crippen molar-refractivity contribution in [2.45, 2.75) is 5.88 Å². The van der Waals surface area contributed by atoms with Gasteiger partial charge in [-0.1, -0.05) is 0 Å². The summed E-state index contributed by atoms with van der Waals surface area (Å²) in [7, 11) is 1.60. The summed E-state index contributed by atoms with van der Waals surface area (Å²) in [5, 5.41) is 0.0308. The molecule has 0 amide bonds. The largest absolute Gasteiger partial charge is 0.343 e. The van der Waals surface area contributed by atoms with Crippen LogP contribution in [0.3, 0.4) is 0 Å². The van der Waals surface area contributed by atoms with Crippen molar-refractivity contribution >= 4 is 45.1 Å². The Kier molecular flexibility index (Phi) is 3.40. The lowest BCUT2D eigenvalue weighted by Crippen LogP contribution is -2.17. The van der Waals surface area contributed by atoms with Gasteiger partial charge in [-0.15, -0.1) is 11.6 Å². The topological polar surface area (TPSA) is 22.0 Å². The summed E-state index contributed by atoms with van der Waals surface area (Å²) < 4.78 is 28.7. The zero-order valence-corrected chi connectivity index (χ0v) is 11.6. The second kappa shape index (κ2) is 4.53. The van der Waals surface area contributed by atoms with Gasteiger partial charge in [0.15, 0.2) is 5.82 Å². The van der Waals surface area contributed by atoms with Gasteiger partial charge in [0, 0.05) is 13.1 Å². The van der Waals surface area contributed by atoms with Crippen LogP contribution in [0.25, 0.3) is 10.9 Å². The van der Waals surface area contributed by atoms with Crippen molar-refractivity contribution in [2.75, 3.05) is 0 Å². The second-order valence-corrected chi connectivity index (χ2v) is 4.91. The first-order chi connectivity index (χ1) is 7.97. The van der Waals surface area contributed by atoms with Gasteiger partial charge in [-0.3, -0.25) is 4.79 Å². The van der Waals surface area contributed by atoms with E-state index in [1.165, 1.54) is 4.57 Å². The quantitative estimate of drug-likeness (QED) is 0.559. The molecule has 2 aromatic rings. The first-order valence-corrected chi connectivity index (χ1v) is 6.30. The molecule has 6 heteroatoms. The number of pyridine rings is 1. The molecule has 17 heavy (non-hydrogen) atoms. The standard InChI is InChI=1S/C11H7ClF2INO/c1-16-8(4-12)9(15)11(17)6-2-5(13)3-7(14)10(6)16/h2-3H,4H2,1H3. The summed E-state index contributed by atoms with van der Waals surface area (Å²) in [4.78, 5) is 12.0. The fourth-order valence-corrected chi connectivity index (χ4v) is 3.14. The van der Waals surface area contributed by atoms with Gasteiger partial charge in [0.2, 0.25) is 5.43 Å². The molecule has 0 atom stereocenters. The average molecular weight is 370 g/mol. The molecule has 0 fully saturated rings. The van der Waals surface area contributed by atoms with Crippen molar-refractivity contribution in [1.82, 2.24) is 4.57 Å². The highest BCUT2D eigenvalue weighted by molar-refractivity contribution is 14.1. The van der Waals surface area contributed by atoms with Gasteiger partial charge < -0.3 is 4.57 Å². The normalized spacial score (nSPS) is 11.1. The lowest BCUT2D eigenvalue weighted by Gasteiger charge is -2.13. The van der Waals surface area contributed by atoms with Crippen LogP contribution in [0.4, 0.5) is 8.78 Å². The monoisotopic (exact) mass is 369 g/mol. The van der Waals surface area contributed by atoms with E-state index in [-0.39, 0.29) is 16.8 Å². The van der Waals surface area contributed by atoms with Crippen molar-refractivity contribution in [1.29, 1.82) is 0 Å². The molecule has 1 heterocycles. The molecule has 0 bridgehead atoms. The highest BCUT2D eigenvalue weighted by atomic mass is 127. The number of hydrogen-bond acceptors (Lipinski definition) is 1. The van der Waals surface area contributed by atoms with E-state index in [9.17, 15) is 13.6 Å². The Labute approximate surface area is 114 Å². The molecule has 2 nitrogen and oxygen atoms in total. The number of nitrogens with zero attached hydrogens (tertiary/aromatic N) is 1. The molecule has 0 N–H and O–H groups in total. The molecule has 0 aliphatic heterocycles.